The third-order valence-electron chi connectivity index (χ3n) is 3.36. The van der Waals surface area contributed by atoms with Crippen LogP contribution in [0.1, 0.15) is 11.1 Å². The number of nitro groups is 1. The van der Waals surface area contributed by atoms with Gasteiger partial charge in [-0.1, -0.05) is 48.0 Å². The third-order valence-corrected chi connectivity index (χ3v) is 4.63. The Balaban J connectivity index is 1.77. The molecule has 126 valence electrons. The van der Waals surface area contributed by atoms with E-state index in [1.165, 1.54) is 23.9 Å². The monoisotopic (exact) mass is 373 g/mol. The van der Waals surface area contributed by atoms with E-state index in [1.807, 2.05) is 30.3 Å². The quantitative estimate of drug-likeness (QED) is 0.498. The van der Waals surface area contributed by atoms with E-state index in [1.54, 1.807) is 12.1 Å². The number of benzene rings is 2. The van der Waals surface area contributed by atoms with Gasteiger partial charge in [0.1, 0.15) is 5.02 Å². The van der Waals surface area contributed by atoms with Gasteiger partial charge in [0.25, 0.3) is 11.6 Å². The maximum absolute atomic E-state index is 12.0. The number of nitrogens with zero attached hydrogens (tertiary/aromatic N) is 2. The van der Waals surface area contributed by atoms with Gasteiger partial charge in [-0.2, -0.15) is 0 Å². The first-order valence-corrected chi connectivity index (χ1v) is 8.45. The molecule has 0 spiro atoms. The molecule has 3 rings (SSSR count). The van der Waals surface area contributed by atoms with Gasteiger partial charge in [-0.25, -0.2) is 0 Å². The minimum Gasteiger partial charge on any atom is -0.301 e. The van der Waals surface area contributed by atoms with Crippen LogP contribution in [0.2, 0.25) is 5.02 Å². The van der Waals surface area contributed by atoms with Crippen LogP contribution in [0, 0.1) is 10.1 Å². The molecular formula is C17H12ClN3O3S. The van der Waals surface area contributed by atoms with Crippen molar-refractivity contribution in [1.82, 2.24) is 5.32 Å². The number of nitro benzene ring substituents is 1. The van der Waals surface area contributed by atoms with Crippen molar-refractivity contribution in [2.45, 2.75) is 6.54 Å². The molecular weight excluding hydrogens is 362 g/mol. The van der Waals surface area contributed by atoms with Crippen molar-refractivity contribution in [1.29, 1.82) is 0 Å². The van der Waals surface area contributed by atoms with Crippen molar-refractivity contribution in [2.24, 2.45) is 4.99 Å². The SMILES string of the molecule is O=C1NC(=NCc2ccccc2)S/C1=C\c1ccc(Cl)c([N+](=O)[O-])c1. The van der Waals surface area contributed by atoms with Gasteiger partial charge in [0, 0.05) is 6.07 Å². The maximum atomic E-state index is 12.0. The standard InChI is InChI=1S/C17H12ClN3O3S/c18-13-7-6-12(8-14(13)21(23)24)9-15-16(22)20-17(25-15)19-10-11-4-2-1-3-5-11/h1-9H,10H2,(H,19,20,22)/b15-9-. The summed E-state index contributed by atoms with van der Waals surface area (Å²) in [5, 5.41) is 14.2. The van der Waals surface area contributed by atoms with E-state index >= 15 is 0 Å². The van der Waals surface area contributed by atoms with Crippen molar-refractivity contribution in [2.75, 3.05) is 0 Å². The number of amidine groups is 1. The fourth-order valence-corrected chi connectivity index (χ4v) is 3.17. The molecule has 2 aromatic rings. The lowest BCUT2D eigenvalue weighted by Crippen LogP contribution is -2.19. The second-order valence-electron chi connectivity index (χ2n) is 5.14. The summed E-state index contributed by atoms with van der Waals surface area (Å²) in [4.78, 5) is 27.2. The number of rotatable bonds is 4. The lowest BCUT2D eigenvalue weighted by atomic mass is 10.2. The third kappa shape index (κ3) is 4.26. The molecule has 1 aliphatic rings. The molecule has 0 saturated carbocycles. The van der Waals surface area contributed by atoms with Crippen LogP contribution in [0.4, 0.5) is 5.69 Å². The largest absolute Gasteiger partial charge is 0.301 e. The van der Waals surface area contributed by atoms with Crippen molar-refractivity contribution in [3.8, 4) is 0 Å². The molecule has 2 aromatic carbocycles. The van der Waals surface area contributed by atoms with Crippen LogP contribution in [0.5, 0.6) is 0 Å². The number of thioether (sulfide) groups is 1. The van der Waals surface area contributed by atoms with E-state index in [0.717, 1.165) is 5.56 Å². The first-order chi connectivity index (χ1) is 12.0. The summed E-state index contributed by atoms with van der Waals surface area (Å²) in [7, 11) is 0. The van der Waals surface area contributed by atoms with Gasteiger partial charge < -0.3 is 5.32 Å². The second-order valence-corrected chi connectivity index (χ2v) is 6.58. The summed E-state index contributed by atoms with van der Waals surface area (Å²) in [6, 6.07) is 14.1. The lowest BCUT2D eigenvalue weighted by Gasteiger charge is -1.98. The fourth-order valence-electron chi connectivity index (χ4n) is 2.16. The molecule has 1 heterocycles. The summed E-state index contributed by atoms with van der Waals surface area (Å²) in [5.74, 6) is -0.283. The van der Waals surface area contributed by atoms with Crippen LogP contribution in [0.3, 0.4) is 0 Å². The summed E-state index contributed by atoms with van der Waals surface area (Å²) in [6.07, 6.45) is 1.58. The number of hydrogen-bond donors (Lipinski definition) is 1. The minimum absolute atomic E-state index is 0.0563. The topological polar surface area (TPSA) is 84.6 Å². The molecule has 1 N–H and O–H groups in total. The van der Waals surface area contributed by atoms with Crippen LogP contribution in [-0.4, -0.2) is 16.0 Å². The molecule has 0 unspecified atom stereocenters. The van der Waals surface area contributed by atoms with Gasteiger partial charge >= 0.3 is 0 Å². The zero-order chi connectivity index (χ0) is 17.8. The second kappa shape index (κ2) is 7.50. The maximum Gasteiger partial charge on any atom is 0.288 e. The normalized spacial score (nSPS) is 17.1. The van der Waals surface area contributed by atoms with Crippen LogP contribution >= 0.6 is 23.4 Å². The van der Waals surface area contributed by atoms with Crippen LogP contribution in [-0.2, 0) is 11.3 Å². The molecule has 0 radical (unpaired) electrons. The number of carbonyl (C=O) groups is 1. The van der Waals surface area contributed by atoms with E-state index < -0.39 is 4.92 Å². The highest BCUT2D eigenvalue weighted by atomic mass is 35.5. The number of amides is 1. The van der Waals surface area contributed by atoms with E-state index in [-0.39, 0.29) is 16.6 Å². The predicted molar refractivity (Wildman–Crippen MR) is 99.4 cm³/mol. The Morgan fingerprint density at radius 2 is 2.00 bits per heavy atom. The van der Waals surface area contributed by atoms with Crippen molar-refractivity contribution >= 4 is 46.2 Å². The molecule has 0 aliphatic carbocycles. The van der Waals surface area contributed by atoms with Gasteiger partial charge in [0.2, 0.25) is 0 Å². The summed E-state index contributed by atoms with van der Waals surface area (Å²) >= 11 is 6.99. The highest BCUT2D eigenvalue weighted by molar-refractivity contribution is 8.18. The van der Waals surface area contributed by atoms with Crippen molar-refractivity contribution in [3.63, 3.8) is 0 Å². The van der Waals surface area contributed by atoms with Gasteiger partial charge in [0.05, 0.1) is 16.4 Å². The van der Waals surface area contributed by atoms with Gasteiger partial charge in [-0.3, -0.25) is 19.9 Å². The summed E-state index contributed by atoms with van der Waals surface area (Å²) in [5.41, 5.74) is 1.37. The number of hydrogen-bond acceptors (Lipinski definition) is 5. The number of aliphatic imine (C=N–C) groups is 1. The van der Waals surface area contributed by atoms with E-state index in [0.29, 0.717) is 22.2 Å². The number of carbonyl (C=O) groups excluding carboxylic acids is 1. The van der Waals surface area contributed by atoms with Crippen molar-refractivity contribution < 1.29 is 9.72 Å². The highest BCUT2D eigenvalue weighted by Crippen LogP contribution is 2.30. The Kier molecular flexibility index (Phi) is 5.16. The molecule has 1 fully saturated rings. The first kappa shape index (κ1) is 17.2. The Hall–Kier alpha value is -2.64. The zero-order valence-corrected chi connectivity index (χ0v) is 14.4. The summed E-state index contributed by atoms with van der Waals surface area (Å²) < 4.78 is 0. The Morgan fingerprint density at radius 3 is 2.72 bits per heavy atom. The van der Waals surface area contributed by atoms with Gasteiger partial charge in [0.15, 0.2) is 5.17 Å². The fraction of sp³-hybridized carbons (Fsp3) is 0.0588. The van der Waals surface area contributed by atoms with E-state index in [2.05, 4.69) is 10.3 Å². The number of halogens is 1. The molecule has 0 atom stereocenters. The van der Waals surface area contributed by atoms with Crippen LogP contribution in [0.25, 0.3) is 6.08 Å². The first-order valence-electron chi connectivity index (χ1n) is 7.26. The molecule has 1 amide bonds. The Labute approximate surface area is 152 Å². The van der Waals surface area contributed by atoms with Crippen molar-refractivity contribution in [3.05, 3.63) is 79.7 Å². The van der Waals surface area contributed by atoms with Crippen LogP contribution in [0.15, 0.2) is 58.4 Å². The van der Waals surface area contributed by atoms with Gasteiger partial charge in [-0.05, 0) is 35.0 Å². The lowest BCUT2D eigenvalue weighted by molar-refractivity contribution is -0.384. The van der Waals surface area contributed by atoms with Crippen LogP contribution < -0.4 is 5.32 Å². The molecule has 1 aliphatic heterocycles. The molecule has 0 bridgehead atoms. The predicted octanol–water partition coefficient (Wildman–Crippen LogP) is 4.01. The van der Waals surface area contributed by atoms with E-state index in [9.17, 15) is 14.9 Å². The molecule has 25 heavy (non-hydrogen) atoms. The van der Waals surface area contributed by atoms with E-state index in [4.69, 9.17) is 11.6 Å². The highest BCUT2D eigenvalue weighted by Gasteiger charge is 2.24. The minimum atomic E-state index is -0.557. The molecule has 6 nitrogen and oxygen atoms in total. The molecule has 8 heteroatoms. The molecule has 1 saturated heterocycles. The Morgan fingerprint density at radius 1 is 1.24 bits per heavy atom. The zero-order valence-electron chi connectivity index (χ0n) is 12.8. The van der Waals surface area contributed by atoms with Gasteiger partial charge in [-0.15, -0.1) is 0 Å². The molecule has 0 aromatic heterocycles. The average Bonchev–Trinajstić information content (AvgIpc) is 2.95. The smallest absolute Gasteiger partial charge is 0.288 e. The Bertz CT molecular complexity index is 897. The average molecular weight is 374 g/mol. The summed E-state index contributed by atoms with van der Waals surface area (Å²) in [6.45, 7) is 0.461. The number of nitrogens with one attached hydrogen (secondary N) is 1.